The number of aromatic nitrogens is 1. The van der Waals surface area contributed by atoms with Gasteiger partial charge in [0.25, 0.3) is 0 Å². The number of nitrogens with one attached hydrogen (secondary N) is 2. The number of oxazole rings is 1. The molecule has 0 aliphatic rings. The molecule has 0 saturated carbocycles. The number of H-pyrrole nitrogens is 1. The van der Waals surface area contributed by atoms with Crippen LogP contribution in [-0.2, 0) is 0 Å². The molecule has 2 rings (SSSR count). The molecule has 1 aromatic heterocycles. The monoisotopic (exact) mass is 208 g/mol. The summed E-state index contributed by atoms with van der Waals surface area (Å²) in [5, 5.41) is 8.07. The third kappa shape index (κ3) is 1.46. The Labute approximate surface area is 83.8 Å². The maximum atomic E-state index is 10.9. The fourth-order valence-corrected chi connectivity index (χ4v) is 1.57. The van der Waals surface area contributed by atoms with E-state index in [1.807, 2.05) is 6.26 Å². The van der Waals surface area contributed by atoms with Gasteiger partial charge in [0.15, 0.2) is 5.58 Å². The first-order valence-electron chi connectivity index (χ1n) is 3.96. The van der Waals surface area contributed by atoms with Crippen LogP contribution in [0.5, 0.6) is 0 Å². The zero-order valence-corrected chi connectivity index (χ0v) is 8.27. The molecule has 5 heteroatoms. The predicted octanol–water partition coefficient (Wildman–Crippen LogP) is 1.81. The van der Waals surface area contributed by atoms with Crippen molar-refractivity contribution in [1.29, 1.82) is 5.41 Å². The number of hydrogen-bond donors (Lipinski definition) is 2. The van der Waals surface area contributed by atoms with Gasteiger partial charge in [-0.05, 0) is 24.5 Å². The van der Waals surface area contributed by atoms with Gasteiger partial charge in [-0.3, -0.25) is 10.4 Å². The summed E-state index contributed by atoms with van der Waals surface area (Å²) in [5.74, 6) is -0.465. The summed E-state index contributed by atoms with van der Waals surface area (Å²) in [7, 11) is 0. The Morgan fingerprint density at radius 2 is 2.36 bits per heavy atom. The molecule has 0 radical (unpaired) electrons. The molecule has 4 nitrogen and oxygen atoms in total. The van der Waals surface area contributed by atoms with Gasteiger partial charge in [0.2, 0.25) is 0 Å². The standard InChI is InChI=1S/C9H8N2O2S/c1-14-8(10)5-2-3-7-6(4-5)11-9(12)13-7/h2-4,10H,1H3,(H,11,12). The first-order valence-corrected chi connectivity index (χ1v) is 5.19. The second kappa shape index (κ2) is 3.34. The highest BCUT2D eigenvalue weighted by molar-refractivity contribution is 8.13. The highest BCUT2D eigenvalue weighted by Gasteiger charge is 2.04. The van der Waals surface area contributed by atoms with E-state index in [-0.39, 0.29) is 0 Å². The Morgan fingerprint density at radius 1 is 1.57 bits per heavy atom. The Bertz CT molecular complexity index is 541. The summed E-state index contributed by atoms with van der Waals surface area (Å²) in [6.07, 6.45) is 1.84. The molecule has 0 aliphatic carbocycles. The summed E-state index contributed by atoms with van der Waals surface area (Å²) in [4.78, 5) is 13.4. The number of aromatic amines is 1. The van der Waals surface area contributed by atoms with Crippen LogP contribution in [0.1, 0.15) is 5.56 Å². The summed E-state index contributed by atoms with van der Waals surface area (Å²) in [6, 6.07) is 5.18. The average Bonchev–Trinajstić information content (AvgIpc) is 2.55. The maximum absolute atomic E-state index is 10.9. The third-order valence-corrected chi connectivity index (χ3v) is 2.53. The van der Waals surface area contributed by atoms with Crippen molar-refractivity contribution in [2.45, 2.75) is 0 Å². The fraction of sp³-hybridized carbons (Fsp3) is 0.111. The number of fused-ring (bicyclic) bond motifs is 1. The van der Waals surface area contributed by atoms with Crippen LogP contribution in [0.25, 0.3) is 11.1 Å². The summed E-state index contributed by atoms with van der Waals surface area (Å²) >= 11 is 1.35. The zero-order valence-electron chi connectivity index (χ0n) is 7.46. The molecule has 1 aromatic carbocycles. The van der Waals surface area contributed by atoms with E-state index in [1.165, 1.54) is 11.8 Å². The molecule has 0 fully saturated rings. The van der Waals surface area contributed by atoms with Crippen molar-refractivity contribution < 1.29 is 4.42 Å². The van der Waals surface area contributed by atoms with Crippen molar-refractivity contribution in [2.75, 3.05) is 6.26 Å². The van der Waals surface area contributed by atoms with Crippen LogP contribution in [0.4, 0.5) is 0 Å². The van der Waals surface area contributed by atoms with E-state index in [2.05, 4.69) is 4.98 Å². The van der Waals surface area contributed by atoms with E-state index < -0.39 is 5.76 Å². The quantitative estimate of drug-likeness (QED) is 0.554. The topological polar surface area (TPSA) is 69.8 Å². The molecule has 0 atom stereocenters. The lowest BCUT2D eigenvalue weighted by molar-refractivity contribution is 0.555. The van der Waals surface area contributed by atoms with Crippen LogP contribution in [0.3, 0.4) is 0 Å². The van der Waals surface area contributed by atoms with Gasteiger partial charge in [-0.25, -0.2) is 4.79 Å². The van der Waals surface area contributed by atoms with Gasteiger partial charge < -0.3 is 4.42 Å². The van der Waals surface area contributed by atoms with E-state index in [0.717, 1.165) is 5.56 Å². The normalized spacial score (nSPS) is 10.6. The second-order valence-corrected chi connectivity index (χ2v) is 3.58. The van der Waals surface area contributed by atoms with Gasteiger partial charge in [0.1, 0.15) is 0 Å². The van der Waals surface area contributed by atoms with Gasteiger partial charge >= 0.3 is 5.76 Å². The molecule has 0 aliphatic heterocycles. The molecular weight excluding hydrogens is 200 g/mol. The largest absolute Gasteiger partial charge is 0.417 e. The van der Waals surface area contributed by atoms with Crippen molar-refractivity contribution in [3.8, 4) is 0 Å². The zero-order chi connectivity index (χ0) is 10.1. The fourth-order valence-electron chi connectivity index (χ4n) is 1.21. The van der Waals surface area contributed by atoms with Crippen LogP contribution in [-0.4, -0.2) is 16.3 Å². The molecule has 72 valence electrons. The van der Waals surface area contributed by atoms with Gasteiger partial charge in [-0.1, -0.05) is 0 Å². The maximum Gasteiger partial charge on any atom is 0.417 e. The number of rotatable bonds is 1. The minimum atomic E-state index is -0.465. The smallest absolute Gasteiger partial charge is 0.408 e. The summed E-state index contributed by atoms with van der Waals surface area (Å²) in [6.45, 7) is 0. The minimum absolute atomic E-state index is 0.465. The van der Waals surface area contributed by atoms with E-state index in [1.54, 1.807) is 18.2 Å². The molecule has 0 spiro atoms. The molecule has 0 saturated heterocycles. The second-order valence-electron chi connectivity index (χ2n) is 2.76. The Morgan fingerprint density at radius 3 is 3.07 bits per heavy atom. The predicted molar refractivity (Wildman–Crippen MR) is 57.2 cm³/mol. The van der Waals surface area contributed by atoms with Crippen LogP contribution in [0.15, 0.2) is 27.4 Å². The SMILES string of the molecule is CSC(=N)c1ccc2oc(=O)[nH]c2c1. The molecule has 2 N–H and O–H groups in total. The lowest BCUT2D eigenvalue weighted by Crippen LogP contribution is -1.94. The molecule has 2 aromatic rings. The van der Waals surface area contributed by atoms with E-state index in [9.17, 15) is 4.79 Å². The van der Waals surface area contributed by atoms with Crippen molar-refractivity contribution >= 4 is 27.9 Å². The molecule has 14 heavy (non-hydrogen) atoms. The van der Waals surface area contributed by atoms with E-state index in [0.29, 0.717) is 16.1 Å². The summed E-state index contributed by atoms with van der Waals surface area (Å²) in [5.41, 5.74) is 1.93. The highest BCUT2D eigenvalue weighted by Crippen LogP contribution is 2.15. The molecule has 0 unspecified atom stereocenters. The molecule has 0 amide bonds. The van der Waals surface area contributed by atoms with Crippen molar-refractivity contribution in [3.05, 3.63) is 34.3 Å². The van der Waals surface area contributed by atoms with E-state index >= 15 is 0 Å². The van der Waals surface area contributed by atoms with Gasteiger partial charge in [-0.15, -0.1) is 11.8 Å². The van der Waals surface area contributed by atoms with Crippen molar-refractivity contribution in [3.63, 3.8) is 0 Å². The average molecular weight is 208 g/mol. The lowest BCUT2D eigenvalue weighted by atomic mass is 10.2. The van der Waals surface area contributed by atoms with Crippen LogP contribution >= 0.6 is 11.8 Å². The molecule has 0 bridgehead atoms. The van der Waals surface area contributed by atoms with Gasteiger partial charge in [0.05, 0.1) is 10.6 Å². The minimum Gasteiger partial charge on any atom is -0.408 e. The number of thioether (sulfide) groups is 1. The van der Waals surface area contributed by atoms with Crippen LogP contribution in [0.2, 0.25) is 0 Å². The molecule has 1 heterocycles. The Balaban J connectivity index is 2.61. The number of benzene rings is 1. The highest BCUT2D eigenvalue weighted by atomic mass is 32.2. The Hall–Kier alpha value is -1.49. The first-order chi connectivity index (χ1) is 6.70. The Kier molecular flexibility index (Phi) is 2.17. The third-order valence-electron chi connectivity index (χ3n) is 1.89. The lowest BCUT2D eigenvalue weighted by Gasteiger charge is -1.98. The van der Waals surface area contributed by atoms with Gasteiger partial charge in [0, 0.05) is 5.56 Å². The van der Waals surface area contributed by atoms with Gasteiger partial charge in [-0.2, -0.15) is 0 Å². The van der Waals surface area contributed by atoms with Crippen molar-refractivity contribution in [2.24, 2.45) is 0 Å². The first kappa shape index (κ1) is 9.08. The number of hydrogen-bond acceptors (Lipinski definition) is 4. The van der Waals surface area contributed by atoms with Crippen molar-refractivity contribution in [1.82, 2.24) is 4.98 Å². The van der Waals surface area contributed by atoms with Crippen LogP contribution < -0.4 is 5.76 Å². The van der Waals surface area contributed by atoms with Crippen LogP contribution in [0, 0.1) is 5.41 Å². The molecular formula is C9H8N2O2S. The van der Waals surface area contributed by atoms with E-state index in [4.69, 9.17) is 9.83 Å². The summed E-state index contributed by atoms with van der Waals surface area (Å²) < 4.78 is 4.85.